The second kappa shape index (κ2) is 5.69. The maximum Gasteiger partial charge on any atom is 0.229 e. The van der Waals surface area contributed by atoms with Gasteiger partial charge in [-0.1, -0.05) is 60.9 Å². The van der Waals surface area contributed by atoms with Crippen LogP contribution in [0.1, 0.15) is 32.1 Å². The zero-order chi connectivity index (χ0) is 14.9. The summed E-state index contributed by atoms with van der Waals surface area (Å²) >= 11 is 1.58. The average Bonchev–Trinajstić information content (AvgIpc) is 2.98. The maximum absolute atomic E-state index is 12.4. The minimum atomic E-state index is 0.142. The van der Waals surface area contributed by atoms with Crippen molar-refractivity contribution in [3.63, 3.8) is 0 Å². The standard InChI is InChI=1S/C18H18N2OS/c21-17(13-7-2-1-3-8-13)20-18-19-15-11-10-12-6-4-5-9-14(12)16(15)22-18/h4-6,9-11,13H,1-3,7-8H2,(H,19,20,21). The number of nitrogens with zero attached hydrogens (tertiary/aromatic N) is 1. The fourth-order valence-electron chi connectivity index (χ4n) is 3.28. The van der Waals surface area contributed by atoms with Gasteiger partial charge in [0.05, 0.1) is 10.2 Å². The van der Waals surface area contributed by atoms with E-state index in [1.165, 1.54) is 30.0 Å². The van der Waals surface area contributed by atoms with E-state index in [0.717, 1.165) is 28.2 Å². The van der Waals surface area contributed by atoms with Crippen LogP contribution >= 0.6 is 11.3 Å². The van der Waals surface area contributed by atoms with Gasteiger partial charge >= 0.3 is 0 Å². The number of carbonyl (C=O) groups excluding carboxylic acids is 1. The van der Waals surface area contributed by atoms with Crippen LogP contribution in [-0.2, 0) is 4.79 Å². The molecule has 3 aromatic rings. The Balaban J connectivity index is 1.65. The van der Waals surface area contributed by atoms with Crippen molar-refractivity contribution < 1.29 is 4.79 Å². The topological polar surface area (TPSA) is 42.0 Å². The zero-order valence-electron chi connectivity index (χ0n) is 12.3. The van der Waals surface area contributed by atoms with Crippen molar-refractivity contribution >= 4 is 43.4 Å². The summed E-state index contributed by atoms with van der Waals surface area (Å²) in [5.41, 5.74) is 0.961. The predicted octanol–water partition coefficient (Wildman–Crippen LogP) is 4.97. The molecular formula is C18H18N2OS. The van der Waals surface area contributed by atoms with Crippen LogP contribution in [0.25, 0.3) is 21.0 Å². The highest BCUT2D eigenvalue weighted by Crippen LogP contribution is 2.33. The first kappa shape index (κ1) is 13.7. The molecule has 1 N–H and O–H groups in total. The SMILES string of the molecule is O=C(Nc1nc2ccc3ccccc3c2s1)C1CCCCC1. The second-order valence-corrected chi connectivity index (χ2v) is 6.98. The number of anilines is 1. The minimum Gasteiger partial charge on any atom is -0.302 e. The molecule has 112 valence electrons. The molecule has 3 nitrogen and oxygen atoms in total. The van der Waals surface area contributed by atoms with Crippen molar-refractivity contribution in [3.8, 4) is 0 Å². The smallest absolute Gasteiger partial charge is 0.229 e. The Morgan fingerprint density at radius 2 is 1.91 bits per heavy atom. The van der Waals surface area contributed by atoms with E-state index in [1.807, 2.05) is 18.2 Å². The molecule has 1 heterocycles. The van der Waals surface area contributed by atoms with Crippen LogP contribution in [-0.4, -0.2) is 10.9 Å². The maximum atomic E-state index is 12.4. The van der Waals surface area contributed by atoms with Gasteiger partial charge in [-0.25, -0.2) is 4.98 Å². The molecule has 0 radical (unpaired) electrons. The summed E-state index contributed by atoms with van der Waals surface area (Å²) < 4.78 is 1.15. The average molecular weight is 310 g/mol. The number of benzene rings is 2. The number of nitrogens with one attached hydrogen (secondary N) is 1. The lowest BCUT2D eigenvalue weighted by Crippen LogP contribution is -2.24. The first-order valence-corrected chi connectivity index (χ1v) is 8.72. The third kappa shape index (κ3) is 2.48. The Hall–Kier alpha value is -1.94. The Morgan fingerprint density at radius 1 is 1.09 bits per heavy atom. The fraction of sp³-hybridized carbons (Fsp3) is 0.333. The molecule has 0 saturated heterocycles. The van der Waals surface area contributed by atoms with Crippen molar-refractivity contribution in [2.24, 2.45) is 5.92 Å². The lowest BCUT2D eigenvalue weighted by molar-refractivity contribution is -0.120. The molecule has 1 aliphatic rings. The van der Waals surface area contributed by atoms with E-state index in [9.17, 15) is 4.79 Å². The summed E-state index contributed by atoms with van der Waals surface area (Å²) in [5, 5.41) is 6.17. The Bertz CT molecular complexity index is 833. The highest BCUT2D eigenvalue weighted by atomic mass is 32.1. The molecule has 1 fully saturated rings. The first-order chi connectivity index (χ1) is 10.8. The summed E-state index contributed by atoms with van der Waals surface area (Å²) in [5.74, 6) is 0.306. The van der Waals surface area contributed by atoms with E-state index < -0.39 is 0 Å². The van der Waals surface area contributed by atoms with Crippen LogP contribution < -0.4 is 5.32 Å². The predicted molar refractivity (Wildman–Crippen MR) is 92.3 cm³/mol. The quantitative estimate of drug-likeness (QED) is 0.726. The molecule has 4 heteroatoms. The van der Waals surface area contributed by atoms with Gasteiger partial charge in [-0.3, -0.25) is 4.79 Å². The van der Waals surface area contributed by atoms with Crippen LogP contribution in [0, 0.1) is 5.92 Å². The van der Waals surface area contributed by atoms with E-state index in [1.54, 1.807) is 11.3 Å². The number of aromatic nitrogens is 1. The fourth-order valence-corrected chi connectivity index (χ4v) is 4.28. The van der Waals surface area contributed by atoms with Gasteiger partial charge < -0.3 is 5.32 Å². The molecule has 0 atom stereocenters. The number of carbonyl (C=O) groups is 1. The number of hydrogen-bond acceptors (Lipinski definition) is 3. The number of thiazole rings is 1. The van der Waals surface area contributed by atoms with Crippen LogP contribution in [0.4, 0.5) is 5.13 Å². The van der Waals surface area contributed by atoms with E-state index in [2.05, 4.69) is 28.5 Å². The van der Waals surface area contributed by atoms with Crippen LogP contribution in [0.5, 0.6) is 0 Å². The summed E-state index contributed by atoms with van der Waals surface area (Å²) in [4.78, 5) is 16.9. The van der Waals surface area contributed by atoms with Gasteiger partial charge in [0.2, 0.25) is 5.91 Å². The van der Waals surface area contributed by atoms with Crippen LogP contribution in [0.3, 0.4) is 0 Å². The van der Waals surface area contributed by atoms with E-state index >= 15 is 0 Å². The summed E-state index contributed by atoms with van der Waals surface area (Å²) in [6.45, 7) is 0. The van der Waals surface area contributed by atoms with Gasteiger partial charge in [0, 0.05) is 11.3 Å². The third-order valence-corrected chi connectivity index (χ3v) is 5.51. The molecule has 1 aromatic heterocycles. The first-order valence-electron chi connectivity index (χ1n) is 7.90. The van der Waals surface area contributed by atoms with Crippen molar-refractivity contribution in [1.29, 1.82) is 0 Å². The lowest BCUT2D eigenvalue weighted by Gasteiger charge is -2.19. The third-order valence-electron chi connectivity index (χ3n) is 4.49. The Labute approximate surface area is 133 Å². The van der Waals surface area contributed by atoms with Gasteiger partial charge in [0.15, 0.2) is 5.13 Å². The molecule has 0 bridgehead atoms. The minimum absolute atomic E-state index is 0.142. The highest BCUT2D eigenvalue weighted by molar-refractivity contribution is 7.23. The molecule has 4 rings (SSSR count). The van der Waals surface area contributed by atoms with Gasteiger partial charge in [-0.15, -0.1) is 0 Å². The largest absolute Gasteiger partial charge is 0.302 e. The van der Waals surface area contributed by atoms with E-state index in [4.69, 9.17) is 0 Å². The second-order valence-electron chi connectivity index (χ2n) is 5.98. The molecule has 1 amide bonds. The molecule has 1 aliphatic carbocycles. The van der Waals surface area contributed by atoms with E-state index in [-0.39, 0.29) is 11.8 Å². The molecule has 0 aliphatic heterocycles. The molecule has 1 saturated carbocycles. The molecule has 0 unspecified atom stereocenters. The summed E-state index contributed by atoms with van der Waals surface area (Å²) in [7, 11) is 0. The Morgan fingerprint density at radius 3 is 2.77 bits per heavy atom. The van der Waals surface area contributed by atoms with Gasteiger partial charge in [-0.2, -0.15) is 0 Å². The summed E-state index contributed by atoms with van der Waals surface area (Å²) in [6.07, 6.45) is 5.63. The molecule has 2 aromatic carbocycles. The van der Waals surface area contributed by atoms with Crippen molar-refractivity contribution in [2.45, 2.75) is 32.1 Å². The molecule has 22 heavy (non-hydrogen) atoms. The van der Waals surface area contributed by atoms with Crippen molar-refractivity contribution in [2.75, 3.05) is 5.32 Å². The van der Waals surface area contributed by atoms with Gasteiger partial charge in [0.1, 0.15) is 0 Å². The lowest BCUT2D eigenvalue weighted by atomic mass is 9.89. The van der Waals surface area contributed by atoms with Gasteiger partial charge in [-0.05, 0) is 24.3 Å². The Kier molecular flexibility index (Phi) is 3.54. The molecular weight excluding hydrogens is 292 g/mol. The van der Waals surface area contributed by atoms with Crippen LogP contribution in [0.15, 0.2) is 36.4 Å². The molecule has 0 spiro atoms. The number of amides is 1. The monoisotopic (exact) mass is 310 g/mol. The number of fused-ring (bicyclic) bond motifs is 3. The summed E-state index contributed by atoms with van der Waals surface area (Å²) in [6, 6.07) is 12.4. The van der Waals surface area contributed by atoms with Gasteiger partial charge in [0.25, 0.3) is 0 Å². The van der Waals surface area contributed by atoms with Crippen molar-refractivity contribution in [3.05, 3.63) is 36.4 Å². The normalized spacial score (nSPS) is 16.2. The number of rotatable bonds is 2. The number of hydrogen-bond donors (Lipinski definition) is 1. The van der Waals surface area contributed by atoms with Crippen LogP contribution in [0.2, 0.25) is 0 Å². The highest BCUT2D eigenvalue weighted by Gasteiger charge is 2.22. The van der Waals surface area contributed by atoms with E-state index in [0.29, 0.717) is 0 Å². The van der Waals surface area contributed by atoms with Crippen molar-refractivity contribution in [1.82, 2.24) is 4.98 Å². The zero-order valence-corrected chi connectivity index (χ0v) is 13.2.